The van der Waals surface area contributed by atoms with Gasteiger partial charge in [-0.25, -0.2) is 9.59 Å². The van der Waals surface area contributed by atoms with E-state index < -0.39 is 39.7 Å². The van der Waals surface area contributed by atoms with Gasteiger partial charge in [-0.2, -0.15) is 4.39 Å². The molecule has 0 fully saturated rings. The van der Waals surface area contributed by atoms with E-state index in [-0.39, 0.29) is 23.3 Å². The lowest BCUT2D eigenvalue weighted by atomic mass is 9.80. The van der Waals surface area contributed by atoms with E-state index in [0.717, 1.165) is 19.0 Å². The molecule has 1 heterocycles. The maximum Gasteiger partial charge on any atom is 0.336 e. The third kappa shape index (κ3) is 7.12. The first-order chi connectivity index (χ1) is 18.9. The molecule has 0 spiro atoms. The van der Waals surface area contributed by atoms with Crippen LogP contribution in [0.5, 0.6) is 0 Å². The number of likely N-dealkylation sites (N-methyl/N-ethyl adjacent to an activating group) is 1. The average molecular weight is 554 g/mol. The quantitative estimate of drug-likeness (QED) is 0.238. The van der Waals surface area contributed by atoms with Gasteiger partial charge in [0.15, 0.2) is 0 Å². The summed E-state index contributed by atoms with van der Waals surface area (Å²) in [6.07, 6.45) is 0.878. The zero-order valence-electron chi connectivity index (χ0n) is 23.7. The van der Waals surface area contributed by atoms with Crippen LogP contribution in [0.15, 0.2) is 71.1 Å². The Hall–Kier alpha value is -4.05. The Morgan fingerprint density at radius 3 is 2.27 bits per heavy atom. The molecule has 10 heteroatoms. The van der Waals surface area contributed by atoms with Crippen molar-refractivity contribution in [1.82, 2.24) is 10.2 Å². The number of nitro groups is 1. The fourth-order valence-electron chi connectivity index (χ4n) is 5.02. The monoisotopic (exact) mass is 553 g/mol. The molecule has 0 aromatic heterocycles. The van der Waals surface area contributed by atoms with E-state index in [2.05, 4.69) is 22.3 Å². The first-order valence-corrected chi connectivity index (χ1v) is 13.0. The molecule has 0 bridgehead atoms. The van der Waals surface area contributed by atoms with Gasteiger partial charge in [0.1, 0.15) is 0 Å². The van der Waals surface area contributed by atoms with Crippen LogP contribution in [0.25, 0.3) is 0 Å². The molecule has 1 unspecified atom stereocenters. The SMILES string of the molecule is COC(=O)C1=C(C)NC(C)=C(C(=O)OCC(C)(C)CN(C)CCc2ccccc2)C1c1cccc([N+](=O)[O-])c1F. The van der Waals surface area contributed by atoms with Gasteiger partial charge in [-0.05, 0) is 32.9 Å². The number of methoxy groups -OCH3 is 1. The molecule has 1 atom stereocenters. The maximum atomic E-state index is 15.4. The minimum absolute atomic E-state index is 0.0152. The summed E-state index contributed by atoms with van der Waals surface area (Å²) in [7, 11) is 3.17. The van der Waals surface area contributed by atoms with Gasteiger partial charge in [-0.3, -0.25) is 10.1 Å². The van der Waals surface area contributed by atoms with Gasteiger partial charge in [-0.1, -0.05) is 56.3 Å². The van der Waals surface area contributed by atoms with Crippen LogP contribution in [-0.4, -0.2) is 55.6 Å². The van der Waals surface area contributed by atoms with Crippen molar-refractivity contribution in [3.8, 4) is 0 Å². The fourth-order valence-corrected chi connectivity index (χ4v) is 5.02. The van der Waals surface area contributed by atoms with Crippen molar-refractivity contribution in [3.63, 3.8) is 0 Å². The Balaban J connectivity index is 1.84. The second-order valence-corrected chi connectivity index (χ2v) is 10.8. The minimum Gasteiger partial charge on any atom is -0.466 e. The van der Waals surface area contributed by atoms with E-state index in [1.165, 1.54) is 24.8 Å². The Kier molecular flexibility index (Phi) is 9.81. The van der Waals surface area contributed by atoms with E-state index in [1.807, 2.05) is 39.1 Å². The van der Waals surface area contributed by atoms with Crippen LogP contribution in [0.2, 0.25) is 0 Å². The van der Waals surface area contributed by atoms with Crippen molar-refractivity contribution < 1.29 is 28.4 Å². The molecule has 214 valence electrons. The number of nitrogens with one attached hydrogen (secondary N) is 1. The molecule has 9 nitrogen and oxygen atoms in total. The van der Waals surface area contributed by atoms with Crippen molar-refractivity contribution in [2.75, 3.05) is 33.9 Å². The molecule has 0 radical (unpaired) electrons. The van der Waals surface area contributed by atoms with Crippen LogP contribution < -0.4 is 5.32 Å². The first-order valence-electron chi connectivity index (χ1n) is 13.0. The van der Waals surface area contributed by atoms with Crippen LogP contribution in [0.3, 0.4) is 0 Å². The van der Waals surface area contributed by atoms with Crippen molar-refractivity contribution in [2.24, 2.45) is 5.41 Å². The van der Waals surface area contributed by atoms with E-state index in [0.29, 0.717) is 17.9 Å². The standard InChI is InChI=1S/C30H36FN3O6/c1-19-24(28(35)39-6)26(22-13-10-14-23(27(22)31)34(37)38)25(20(2)32-19)29(36)40-18-30(3,4)17-33(5)16-15-21-11-8-7-9-12-21/h7-14,26,32H,15-18H2,1-6H3. The molecule has 1 N–H and O–H groups in total. The second-order valence-electron chi connectivity index (χ2n) is 10.8. The van der Waals surface area contributed by atoms with E-state index in [1.54, 1.807) is 13.8 Å². The molecule has 0 amide bonds. The Morgan fingerprint density at radius 2 is 1.68 bits per heavy atom. The van der Waals surface area contributed by atoms with Crippen molar-refractivity contribution in [2.45, 2.75) is 40.0 Å². The second kappa shape index (κ2) is 12.9. The van der Waals surface area contributed by atoms with Crippen molar-refractivity contribution >= 4 is 17.6 Å². The molecule has 0 aliphatic carbocycles. The number of esters is 2. The maximum absolute atomic E-state index is 15.4. The van der Waals surface area contributed by atoms with Gasteiger partial charge >= 0.3 is 17.6 Å². The number of carbonyl (C=O) groups excluding carboxylic acids is 2. The Bertz CT molecular complexity index is 1340. The molecule has 2 aromatic rings. The van der Waals surface area contributed by atoms with Gasteiger partial charge in [0.05, 0.1) is 35.7 Å². The number of hydrogen-bond donors (Lipinski definition) is 1. The summed E-state index contributed by atoms with van der Waals surface area (Å²) in [4.78, 5) is 39.1. The summed E-state index contributed by atoms with van der Waals surface area (Å²) in [5.41, 5.74) is 0.500. The zero-order chi connectivity index (χ0) is 29.6. The smallest absolute Gasteiger partial charge is 0.336 e. The lowest BCUT2D eigenvalue weighted by molar-refractivity contribution is -0.387. The Labute approximate surface area is 233 Å². The summed E-state index contributed by atoms with van der Waals surface area (Å²) in [5.74, 6) is -3.95. The van der Waals surface area contributed by atoms with Crippen LogP contribution in [-0.2, 0) is 25.5 Å². The predicted molar refractivity (Wildman–Crippen MR) is 149 cm³/mol. The van der Waals surface area contributed by atoms with Crippen molar-refractivity contribution in [3.05, 3.63) is 98.1 Å². The number of hydrogen-bond acceptors (Lipinski definition) is 8. The predicted octanol–water partition coefficient (Wildman–Crippen LogP) is 4.89. The van der Waals surface area contributed by atoms with E-state index in [4.69, 9.17) is 9.47 Å². The molecule has 3 rings (SSSR count). The highest BCUT2D eigenvalue weighted by atomic mass is 19.1. The molecular formula is C30H36FN3O6. The van der Waals surface area contributed by atoms with E-state index >= 15 is 4.39 Å². The van der Waals surface area contributed by atoms with Crippen LogP contribution in [0.4, 0.5) is 10.1 Å². The number of nitrogens with zero attached hydrogens (tertiary/aromatic N) is 2. The fraction of sp³-hybridized carbons (Fsp3) is 0.400. The van der Waals surface area contributed by atoms with Crippen molar-refractivity contribution in [1.29, 1.82) is 0 Å². The molecule has 1 aliphatic heterocycles. The van der Waals surface area contributed by atoms with Gasteiger partial charge < -0.3 is 19.7 Å². The largest absolute Gasteiger partial charge is 0.466 e. The van der Waals surface area contributed by atoms with Gasteiger partial charge in [-0.15, -0.1) is 0 Å². The highest BCUT2D eigenvalue weighted by Gasteiger charge is 2.41. The summed E-state index contributed by atoms with van der Waals surface area (Å²) >= 11 is 0. The average Bonchev–Trinajstić information content (AvgIpc) is 2.90. The molecule has 40 heavy (non-hydrogen) atoms. The lowest BCUT2D eigenvalue weighted by Gasteiger charge is -2.32. The highest BCUT2D eigenvalue weighted by molar-refractivity contribution is 6.00. The van der Waals surface area contributed by atoms with Gasteiger partial charge in [0, 0.05) is 41.5 Å². The summed E-state index contributed by atoms with van der Waals surface area (Å²) < 4.78 is 26.1. The Morgan fingerprint density at radius 1 is 1.05 bits per heavy atom. The number of carbonyl (C=O) groups is 2. The number of benzene rings is 2. The van der Waals surface area contributed by atoms with E-state index in [9.17, 15) is 19.7 Å². The third-order valence-electron chi connectivity index (χ3n) is 6.82. The molecule has 1 aliphatic rings. The number of ether oxygens (including phenoxy) is 2. The normalized spacial score (nSPS) is 15.7. The number of allylic oxidation sites excluding steroid dienone is 2. The molecule has 2 aromatic carbocycles. The number of dihydropyridines is 1. The van der Waals surface area contributed by atoms with Crippen LogP contribution in [0.1, 0.15) is 44.7 Å². The number of nitro benzene ring substituents is 1. The third-order valence-corrected chi connectivity index (χ3v) is 6.82. The van der Waals surface area contributed by atoms with Gasteiger partial charge in [0.25, 0.3) is 0 Å². The first kappa shape index (κ1) is 30.5. The molecular weight excluding hydrogens is 517 g/mol. The van der Waals surface area contributed by atoms with Crippen LogP contribution >= 0.6 is 0 Å². The lowest BCUT2D eigenvalue weighted by Crippen LogP contribution is -2.37. The number of rotatable bonds is 11. The summed E-state index contributed by atoms with van der Waals surface area (Å²) in [6.45, 7) is 8.66. The minimum atomic E-state index is -1.27. The topological polar surface area (TPSA) is 111 Å². The summed E-state index contributed by atoms with van der Waals surface area (Å²) in [6, 6.07) is 13.8. The molecule has 0 saturated heterocycles. The van der Waals surface area contributed by atoms with Gasteiger partial charge in [0.2, 0.25) is 5.82 Å². The summed E-state index contributed by atoms with van der Waals surface area (Å²) in [5, 5.41) is 14.4. The van der Waals surface area contributed by atoms with Crippen LogP contribution in [0, 0.1) is 21.3 Å². The zero-order valence-corrected chi connectivity index (χ0v) is 23.7. The molecule has 0 saturated carbocycles. The number of halogens is 1. The highest BCUT2D eigenvalue weighted by Crippen LogP contribution is 2.41.